The van der Waals surface area contributed by atoms with Crippen molar-refractivity contribution in [3.05, 3.63) is 58.7 Å². The lowest BCUT2D eigenvalue weighted by Crippen LogP contribution is -2.69. The van der Waals surface area contributed by atoms with E-state index in [-0.39, 0.29) is 16.4 Å². The van der Waals surface area contributed by atoms with Gasteiger partial charge in [-0.1, -0.05) is 29.8 Å². The van der Waals surface area contributed by atoms with Crippen molar-refractivity contribution in [2.45, 2.75) is 18.8 Å². The average Bonchev–Trinajstić information content (AvgIpc) is 2.61. The molecule has 6 nitrogen and oxygen atoms in total. The highest BCUT2D eigenvalue weighted by Crippen LogP contribution is 2.33. The fourth-order valence-electron chi connectivity index (χ4n) is 2.25. The molecule has 10 heteroatoms. The summed E-state index contributed by atoms with van der Waals surface area (Å²) >= 11 is 5.67. The Hall–Kier alpha value is -2.81. The molecular formula is C17H15ClF3N3O3. The number of carbonyl (C=O) groups is 2. The molecule has 1 atom stereocenters. The standard InChI is InChI=1S/C17H15ClF3N3O3/c1-10-5-3-4-6-12(10)14(25)24-16(15(26)27-2,17(19,20)21)23-13-8-7-11(18)9-22-13/h3-9H,1-2H3,(H,22,23)(H,24,25)/t16-/m0/s1. The van der Waals surface area contributed by atoms with E-state index in [0.717, 1.165) is 19.4 Å². The molecule has 0 spiro atoms. The van der Waals surface area contributed by atoms with Gasteiger partial charge in [0.25, 0.3) is 5.91 Å². The van der Waals surface area contributed by atoms with E-state index in [9.17, 15) is 22.8 Å². The van der Waals surface area contributed by atoms with Crippen molar-refractivity contribution in [3.8, 4) is 0 Å². The molecule has 0 unspecified atom stereocenters. The number of nitrogens with zero attached hydrogens (tertiary/aromatic N) is 1. The van der Waals surface area contributed by atoms with Crippen LogP contribution in [-0.2, 0) is 9.53 Å². The van der Waals surface area contributed by atoms with E-state index in [2.05, 4.69) is 9.72 Å². The first-order valence-electron chi connectivity index (χ1n) is 7.54. The Kier molecular flexibility index (Phi) is 5.94. The number of carbonyl (C=O) groups excluding carboxylic acids is 2. The van der Waals surface area contributed by atoms with Crippen LogP contribution in [0.15, 0.2) is 42.6 Å². The summed E-state index contributed by atoms with van der Waals surface area (Å²) in [6.45, 7) is 1.55. The van der Waals surface area contributed by atoms with Crippen LogP contribution in [0.2, 0.25) is 5.02 Å². The van der Waals surface area contributed by atoms with E-state index < -0.39 is 23.7 Å². The number of anilines is 1. The summed E-state index contributed by atoms with van der Waals surface area (Å²) in [5.74, 6) is -3.21. The van der Waals surface area contributed by atoms with Crippen molar-refractivity contribution >= 4 is 29.3 Å². The third-order valence-corrected chi connectivity index (χ3v) is 3.87. The lowest BCUT2D eigenvalue weighted by atomic mass is 10.1. The van der Waals surface area contributed by atoms with Crippen LogP contribution in [0.4, 0.5) is 19.0 Å². The summed E-state index contributed by atoms with van der Waals surface area (Å²) in [5, 5.41) is 3.83. The minimum Gasteiger partial charge on any atom is -0.466 e. The predicted molar refractivity (Wildman–Crippen MR) is 92.3 cm³/mol. The Morgan fingerprint density at radius 2 is 1.81 bits per heavy atom. The lowest BCUT2D eigenvalue weighted by molar-refractivity contribution is -0.203. The van der Waals surface area contributed by atoms with Gasteiger partial charge in [0.2, 0.25) is 0 Å². The molecule has 144 valence electrons. The Balaban J connectivity index is 2.50. The fraction of sp³-hybridized carbons (Fsp3) is 0.235. The van der Waals surface area contributed by atoms with Crippen LogP contribution in [0.5, 0.6) is 0 Å². The number of halogens is 4. The van der Waals surface area contributed by atoms with Crippen molar-refractivity contribution in [3.63, 3.8) is 0 Å². The molecule has 27 heavy (non-hydrogen) atoms. The van der Waals surface area contributed by atoms with E-state index in [0.29, 0.717) is 5.56 Å². The van der Waals surface area contributed by atoms with Crippen LogP contribution in [0.3, 0.4) is 0 Å². The molecule has 0 bridgehead atoms. The highest BCUT2D eigenvalue weighted by atomic mass is 35.5. The van der Waals surface area contributed by atoms with Gasteiger partial charge in [-0.2, -0.15) is 13.2 Å². The second kappa shape index (κ2) is 7.83. The van der Waals surface area contributed by atoms with Gasteiger partial charge in [-0.3, -0.25) is 4.79 Å². The monoisotopic (exact) mass is 401 g/mol. The zero-order chi connectivity index (χ0) is 20.2. The molecule has 2 N–H and O–H groups in total. The molecule has 1 aromatic carbocycles. The number of hydrogen-bond acceptors (Lipinski definition) is 5. The number of aryl methyl sites for hydroxylation is 1. The number of rotatable bonds is 5. The molecule has 1 aromatic heterocycles. The maximum atomic E-state index is 13.9. The third-order valence-electron chi connectivity index (χ3n) is 3.65. The quantitative estimate of drug-likeness (QED) is 0.593. The highest BCUT2D eigenvalue weighted by molar-refractivity contribution is 6.30. The van der Waals surface area contributed by atoms with E-state index >= 15 is 0 Å². The molecule has 0 aliphatic rings. The summed E-state index contributed by atoms with van der Waals surface area (Å²) in [6, 6.07) is 8.41. The van der Waals surface area contributed by atoms with Crippen LogP contribution >= 0.6 is 11.6 Å². The van der Waals surface area contributed by atoms with Crippen LogP contribution in [0.1, 0.15) is 15.9 Å². The van der Waals surface area contributed by atoms with Gasteiger partial charge in [0, 0.05) is 11.8 Å². The first-order valence-corrected chi connectivity index (χ1v) is 7.91. The normalized spacial score (nSPS) is 13.4. The molecular weight excluding hydrogens is 387 g/mol. The van der Waals surface area contributed by atoms with Gasteiger partial charge < -0.3 is 15.4 Å². The maximum Gasteiger partial charge on any atom is 0.441 e. The van der Waals surface area contributed by atoms with Crippen molar-refractivity contribution < 1.29 is 27.5 Å². The first-order chi connectivity index (χ1) is 12.6. The lowest BCUT2D eigenvalue weighted by Gasteiger charge is -2.34. The smallest absolute Gasteiger partial charge is 0.441 e. The van der Waals surface area contributed by atoms with Gasteiger partial charge in [-0.05, 0) is 30.7 Å². The van der Waals surface area contributed by atoms with Gasteiger partial charge in [0.15, 0.2) is 0 Å². The van der Waals surface area contributed by atoms with Crippen LogP contribution in [0.25, 0.3) is 0 Å². The number of methoxy groups -OCH3 is 1. The van der Waals surface area contributed by atoms with Gasteiger partial charge in [-0.15, -0.1) is 0 Å². The summed E-state index contributed by atoms with van der Waals surface area (Å²) in [5.41, 5.74) is -3.15. The van der Waals surface area contributed by atoms with E-state index in [1.165, 1.54) is 18.2 Å². The minimum atomic E-state index is -5.25. The Morgan fingerprint density at radius 1 is 1.15 bits per heavy atom. The van der Waals surface area contributed by atoms with E-state index in [1.54, 1.807) is 24.4 Å². The number of alkyl halides is 3. The van der Waals surface area contributed by atoms with Gasteiger partial charge in [0.05, 0.1) is 12.1 Å². The molecule has 0 aliphatic heterocycles. The number of nitrogens with one attached hydrogen (secondary N) is 2. The summed E-state index contributed by atoms with van der Waals surface area (Å²) in [7, 11) is 0.777. The zero-order valence-electron chi connectivity index (χ0n) is 14.2. The van der Waals surface area contributed by atoms with Gasteiger partial charge in [0.1, 0.15) is 5.82 Å². The molecule has 0 saturated heterocycles. The SMILES string of the molecule is COC(=O)[C@@](NC(=O)c1ccccc1C)(Nc1ccc(Cl)cn1)C(F)(F)F. The second-order valence-electron chi connectivity index (χ2n) is 5.50. The second-order valence-corrected chi connectivity index (χ2v) is 5.93. The molecule has 0 radical (unpaired) electrons. The average molecular weight is 402 g/mol. The largest absolute Gasteiger partial charge is 0.466 e. The van der Waals surface area contributed by atoms with Crippen LogP contribution in [-0.4, -0.2) is 35.8 Å². The third kappa shape index (κ3) is 4.30. The Bertz CT molecular complexity index is 843. The molecule has 2 aromatic rings. The topological polar surface area (TPSA) is 80.3 Å². The van der Waals surface area contributed by atoms with Crippen LogP contribution in [0, 0.1) is 6.92 Å². The number of aromatic nitrogens is 1. The Labute approximate surface area is 157 Å². The molecule has 2 rings (SSSR count). The van der Waals surface area contributed by atoms with Crippen molar-refractivity contribution in [2.24, 2.45) is 0 Å². The number of amides is 1. The number of pyridine rings is 1. The zero-order valence-corrected chi connectivity index (χ0v) is 15.0. The molecule has 0 saturated carbocycles. The maximum absolute atomic E-state index is 13.9. The number of benzene rings is 1. The molecule has 0 aliphatic carbocycles. The molecule has 1 amide bonds. The van der Waals surface area contributed by atoms with Gasteiger partial charge in [-0.25, -0.2) is 9.78 Å². The highest BCUT2D eigenvalue weighted by Gasteiger charge is 2.63. The fourth-order valence-corrected chi connectivity index (χ4v) is 2.36. The molecule has 0 fully saturated rings. The first kappa shape index (κ1) is 20.5. The van der Waals surface area contributed by atoms with Gasteiger partial charge >= 0.3 is 17.8 Å². The van der Waals surface area contributed by atoms with E-state index in [4.69, 9.17) is 11.6 Å². The van der Waals surface area contributed by atoms with E-state index in [1.807, 2.05) is 5.32 Å². The van der Waals surface area contributed by atoms with Crippen molar-refractivity contribution in [1.29, 1.82) is 0 Å². The van der Waals surface area contributed by atoms with Crippen molar-refractivity contribution in [2.75, 3.05) is 12.4 Å². The minimum absolute atomic E-state index is 0.0270. The predicted octanol–water partition coefficient (Wildman–Crippen LogP) is 3.32. The molecule has 1 heterocycles. The number of esters is 1. The summed E-state index contributed by atoms with van der Waals surface area (Å²) < 4.78 is 46.1. The Morgan fingerprint density at radius 3 is 2.33 bits per heavy atom. The van der Waals surface area contributed by atoms with Crippen LogP contribution < -0.4 is 10.6 Å². The summed E-state index contributed by atoms with van der Waals surface area (Å²) in [4.78, 5) is 28.3. The number of ether oxygens (including phenoxy) is 1. The van der Waals surface area contributed by atoms with Crippen molar-refractivity contribution in [1.82, 2.24) is 10.3 Å². The summed E-state index contributed by atoms with van der Waals surface area (Å²) in [6.07, 6.45) is -4.16. The number of hydrogen-bond donors (Lipinski definition) is 2.